The summed E-state index contributed by atoms with van der Waals surface area (Å²) in [4.78, 5) is 11.7. The number of halogens is 1. The van der Waals surface area contributed by atoms with Gasteiger partial charge in [0, 0.05) is 31.7 Å². The van der Waals surface area contributed by atoms with E-state index in [1.807, 2.05) is 30.3 Å². The first kappa shape index (κ1) is 26.2. The monoisotopic (exact) mass is 575 g/mol. The van der Waals surface area contributed by atoms with Gasteiger partial charge in [-0.1, -0.05) is 42.5 Å². The molecular formula is C26H34IN5O2. The molecule has 0 saturated carbocycles. The number of aliphatic hydroxyl groups is 1. The van der Waals surface area contributed by atoms with Gasteiger partial charge < -0.3 is 20.2 Å². The van der Waals surface area contributed by atoms with Crippen LogP contribution in [0, 0.1) is 0 Å². The van der Waals surface area contributed by atoms with Crippen molar-refractivity contribution in [3.05, 3.63) is 77.7 Å². The first-order chi connectivity index (χ1) is 16.2. The first-order valence-electron chi connectivity index (χ1n) is 11.7. The standard InChI is InChI=1S/C26H33N5O2.HI/c1-2-27-26(29-17-23-19-33-25(30-23)22-6-4-3-5-7-22)28-16-20-8-10-21(11-9-20)18-31-14-12-24(32)13-15-31;/h3-11,19,24,32H,2,12-18H2,1H3,(H2,27,28,29);1H. The van der Waals surface area contributed by atoms with Crippen LogP contribution >= 0.6 is 24.0 Å². The lowest BCUT2D eigenvalue weighted by molar-refractivity contribution is 0.0792. The summed E-state index contributed by atoms with van der Waals surface area (Å²) in [5.41, 5.74) is 4.25. The zero-order chi connectivity index (χ0) is 22.9. The maximum atomic E-state index is 9.67. The molecule has 0 unspecified atom stereocenters. The van der Waals surface area contributed by atoms with Gasteiger partial charge in [0.15, 0.2) is 5.96 Å². The maximum absolute atomic E-state index is 9.67. The van der Waals surface area contributed by atoms with Gasteiger partial charge in [-0.25, -0.2) is 9.98 Å². The summed E-state index contributed by atoms with van der Waals surface area (Å²) in [7, 11) is 0. The number of guanidine groups is 1. The van der Waals surface area contributed by atoms with Gasteiger partial charge in [-0.3, -0.25) is 4.90 Å². The second-order valence-electron chi connectivity index (χ2n) is 8.38. The third-order valence-corrected chi connectivity index (χ3v) is 5.76. The minimum Gasteiger partial charge on any atom is -0.444 e. The Balaban J connectivity index is 0.00000324. The number of nitrogens with one attached hydrogen (secondary N) is 2. The molecule has 1 saturated heterocycles. The van der Waals surface area contributed by atoms with E-state index < -0.39 is 0 Å². The molecule has 8 heteroatoms. The molecule has 0 amide bonds. The summed E-state index contributed by atoms with van der Waals surface area (Å²) >= 11 is 0. The largest absolute Gasteiger partial charge is 0.444 e. The molecule has 7 nitrogen and oxygen atoms in total. The van der Waals surface area contributed by atoms with Crippen LogP contribution in [0.1, 0.15) is 36.6 Å². The van der Waals surface area contributed by atoms with Gasteiger partial charge in [0.25, 0.3) is 0 Å². The molecule has 34 heavy (non-hydrogen) atoms. The number of rotatable bonds is 8. The van der Waals surface area contributed by atoms with Crippen LogP contribution in [-0.2, 0) is 19.6 Å². The summed E-state index contributed by atoms with van der Waals surface area (Å²) in [6, 6.07) is 18.5. The number of hydrogen-bond donors (Lipinski definition) is 3. The summed E-state index contributed by atoms with van der Waals surface area (Å²) in [5, 5.41) is 16.3. The van der Waals surface area contributed by atoms with Crippen molar-refractivity contribution in [2.24, 2.45) is 4.99 Å². The molecule has 1 aliphatic heterocycles. The van der Waals surface area contributed by atoms with Crippen molar-refractivity contribution in [1.82, 2.24) is 20.5 Å². The maximum Gasteiger partial charge on any atom is 0.226 e. The molecule has 1 fully saturated rings. The van der Waals surface area contributed by atoms with Crippen molar-refractivity contribution >= 4 is 29.9 Å². The lowest BCUT2D eigenvalue weighted by atomic mass is 10.1. The predicted octanol–water partition coefficient (Wildman–Crippen LogP) is 4.17. The van der Waals surface area contributed by atoms with Crippen molar-refractivity contribution < 1.29 is 9.52 Å². The van der Waals surface area contributed by atoms with Crippen molar-refractivity contribution in [3.8, 4) is 11.5 Å². The Hall–Kier alpha value is -2.43. The van der Waals surface area contributed by atoms with E-state index in [0.29, 0.717) is 19.0 Å². The second kappa shape index (κ2) is 13.5. The summed E-state index contributed by atoms with van der Waals surface area (Å²) in [6.45, 7) is 6.82. The average Bonchev–Trinajstić information content (AvgIpc) is 3.33. The van der Waals surface area contributed by atoms with E-state index in [0.717, 1.165) is 61.8 Å². The number of hydrogen-bond acceptors (Lipinski definition) is 5. The van der Waals surface area contributed by atoms with Crippen molar-refractivity contribution in [2.45, 2.75) is 45.5 Å². The minimum absolute atomic E-state index is 0. The summed E-state index contributed by atoms with van der Waals surface area (Å²) in [5.74, 6) is 1.37. The summed E-state index contributed by atoms with van der Waals surface area (Å²) in [6.07, 6.45) is 3.29. The fourth-order valence-corrected chi connectivity index (χ4v) is 3.87. The molecule has 2 aromatic carbocycles. The highest BCUT2D eigenvalue weighted by atomic mass is 127. The number of likely N-dealkylation sites (tertiary alicyclic amines) is 1. The van der Waals surface area contributed by atoms with Crippen LogP contribution in [0.4, 0.5) is 0 Å². The van der Waals surface area contributed by atoms with Gasteiger partial charge >= 0.3 is 0 Å². The SMILES string of the molecule is CCNC(=NCc1ccc(CN2CCC(O)CC2)cc1)NCc1coc(-c2ccccc2)n1.I. The molecule has 0 spiro atoms. The van der Waals surface area contributed by atoms with E-state index in [9.17, 15) is 5.11 Å². The van der Waals surface area contributed by atoms with Crippen LogP contribution in [0.2, 0.25) is 0 Å². The Kier molecular flexibility index (Phi) is 10.4. The van der Waals surface area contributed by atoms with Crippen LogP contribution in [-0.4, -0.2) is 46.7 Å². The van der Waals surface area contributed by atoms with Gasteiger partial charge in [-0.15, -0.1) is 24.0 Å². The van der Waals surface area contributed by atoms with Gasteiger partial charge in [0.2, 0.25) is 5.89 Å². The Morgan fingerprint density at radius 2 is 1.76 bits per heavy atom. The Bertz CT molecular complexity index is 1020. The smallest absolute Gasteiger partial charge is 0.226 e. The molecule has 1 aromatic heterocycles. The lowest BCUT2D eigenvalue weighted by Gasteiger charge is -2.29. The molecule has 3 N–H and O–H groups in total. The average molecular weight is 575 g/mol. The summed E-state index contributed by atoms with van der Waals surface area (Å²) < 4.78 is 5.62. The molecule has 3 aromatic rings. The fourth-order valence-electron chi connectivity index (χ4n) is 3.87. The third-order valence-electron chi connectivity index (χ3n) is 5.76. The van der Waals surface area contributed by atoms with Gasteiger partial charge in [-0.2, -0.15) is 0 Å². The predicted molar refractivity (Wildman–Crippen MR) is 146 cm³/mol. The van der Waals surface area contributed by atoms with Gasteiger partial charge in [-0.05, 0) is 43.0 Å². The number of nitrogens with zero attached hydrogens (tertiary/aromatic N) is 3. The number of piperidine rings is 1. The normalized spacial score (nSPS) is 15.1. The van der Waals surface area contributed by atoms with E-state index in [4.69, 9.17) is 9.41 Å². The topological polar surface area (TPSA) is 85.9 Å². The Morgan fingerprint density at radius 3 is 2.47 bits per heavy atom. The molecule has 2 heterocycles. The highest BCUT2D eigenvalue weighted by molar-refractivity contribution is 14.0. The number of aliphatic imine (C=N–C) groups is 1. The quantitative estimate of drug-likeness (QED) is 0.213. The van der Waals surface area contributed by atoms with E-state index in [-0.39, 0.29) is 30.1 Å². The third kappa shape index (κ3) is 7.82. The van der Waals surface area contributed by atoms with Crippen LogP contribution < -0.4 is 10.6 Å². The Morgan fingerprint density at radius 1 is 1.06 bits per heavy atom. The number of aromatic nitrogens is 1. The van der Waals surface area contributed by atoms with Crippen molar-refractivity contribution in [1.29, 1.82) is 0 Å². The van der Waals surface area contributed by atoms with E-state index >= 15 is 0 Å². The zero-order valence-corrected chi connectivity index (χ0v) is 21.9. The number of aliphatic hydroxyl groups excluding tert-OH is 1. The Labute approximate surface area is 218 Å². The molecule has 0 atom stereocenters. The second-order valence-corrected chi connectivity index (χ2v) is 8.38. The van der Waals surface area contributed by atoms with Crippen LogP contribution in [0.15, 0.2) is 70.3 Å². The highest BCUT2D eigenvalue weighted by Gasteiger charge is 2.16. The van der Waals surface area contributed by atoms with Crippen molar-refractivity contribution in [3.63, 3.8) is 0 Å². The van der Waals surface area contributed by atoms with Gasteiger partial charge in [0.1, 0.15) is 6.26 Å². The van der Waals surface area contributed by atoms with Crippen LogP contribution in [0.25, 0.3) is 11.5 Å². The molecule has 1 aliphatic rings. The van der Waals surface area contributed by atoms with E-state index in [2.05, 4.69) is 51.7 Å². The molecular weight excluding hydrogens is 541 g/mol. The first-order valence-corrected chi connectivity index (χ1v) is 11.7. The molecule has 0 bridgehead atoms. The fraction of sp³-hybridized carbons (Fsp3) is 0.385. The molecule has 0 aliphatic carbocycles. The van der Waals surface area contributed by atoms with Crippen molar-refractivity contribution in [2.75, 3.05) is 19.6 Å². The lowest BCUT2D eigenvalue weighted by Crippen LogP contribution is -2.36. The van der Waals surface area contributed by atoms with Crippen LogP contribution in [0.5, 0.6) is 0 Å². The highest BCUT2D eigenvalue weighted by Crippen LogP contribution is 2.18. The van der Waals surface area contributed by atoms with E-state index in [1.54, 1.807) is 6.26 Å². The molecule has 182 valence electrons. The van der Waals surface area contributed by atoms with Gasteiger partial charge in [0.05, 0.1) is 24.9 Å². The number of oxazole rings is 1. The molecule has 0 radical (unpaired) electrons. The minimum atomic E-state index is -0.128. The van der Waals surface area contributed by atoms with E-state index in [1.165, 1.54) is 5.56 Å². The molecule has 4 rings (SSSR count). The number of benzene rings is 2. The zero-order valence-electron chi connectivity index (χ0n) is 19.6. The van der Waals surface area contributed by atoms with Crippen LogP contribution in [0.3, 0.4) is 0 Å².